The summed E-state index contributed by atoms with van der Waals surface area (Å²) in [5.41, 5.74) is 5.71. The molecule has 4 nitrogen and oxygen atoms in total. The van der Waals surface area contributed by atoms with E-state index in [1.54, 1.807) is 0 Å². The van der Waals surface area contributed by atoms with Crippen molar-refractivity contribution in [3.63, 3.8) is 0 Å². The van der Waals surface area contributed by atoms with Crippen LogP contribution in [-0.4, -0.2) is 22.2 Å². The zero-order chi connectivity index (χ0) is 18.5. The molecular weight excluding hydrogens is 346 g/mol. The Bertz CT molecular complexity index is 864. The number of anilines is 1. The molecule has 4 rings (SSSR count). The average Bonchev–Trinajstić information content (AvgIpc) is 3.27. The summed E-state index contributed by atoms with van der Waals surface area (Å²) >= 11 is 6.53. The molecule has 0 atom stereocenters. The zero-order valence-corrected chi connectivity index (χ0v) is 16.6. The lowest BCUT2D eigenvalue weighted by Crippen LogP contribution is -2.35. The summed E-state index contributed by atoms with van der Waals surface area (Å²) in [6.07, 6.45) is 6.02. The quantitative estimate of drug-likeness (QED) is 0.797. The number of nitrogens with zero attached hydrogens (tertiary/aromatic N) is 3. The number of carbonyl (C=O) groups is 1. The van der Waals surface area contributed by atoms with Crippen LogP contribution in [0.15, 0.2) is 18.2 Å². The first-order valence-corrected chi connectivity index (χ1v) is 9.89. The van der Waals surface area contributed by atoms with Crippen molar-refractivity contribution in [1.82, 2.24) is 9.78 Å². The van der Waals surface area contributed by atoms with Gasteiger partial charge in [0.1, 0.15) is 0 Å². The summed E-state index contributed by atoms with van der Waals surface area (Å²) in [7, 11) is 1.95. The molecule has 1 saturated carbocycles. The van der Waals surface area contributed by atoms with Crippen molar-refractivity contribution < 1.29 is 4.79 Å². The van der Waals surface area contributed by atoms with E-state index in [1.165, 1.54) is 24.0 Å². The molecule has 0 unspecified atom stereocenters. The highest BCUT2D eigenvalue weighted by Crippen LogP contribution is 2.52. The van der Waals surface area contributed by atoms with Crippen LogP contribution >= 0.6 is 11.6 Å². The molecule has 1 aromatic carbocycles. The van der Waals surface area contributed by atoms with E-state index in [9.17, 15) is 4.79 Å². The van der Waals surface area contributed by atoms with Gasteiger partial charge >= 0.3 is 0 Å². The lowest BCUT2D eigenvalue weighted by molar-refractivity contribution is -0.118. The van der Waals surface area contributed by atoms with Gasteiger partial charge in [-0.25, -0.2) is 0 Å². The molecule has 1 fully saturated rings. The molecule has 1 aromatic heterocycles. The molecule has 1 aliphatic heterocycles. The van der Waals surface area contributed by atoms with Crippen LogP contribution in [0.25, 0.3) is 0 Å². The van der Waals surface area contributed by atoms with Crippen molar-refractivity contribution in [3.8, 4) is 0 Å². The molecule has 2 heterocycles. The molecule has 1 aliphatic carbocycles. The number of halogens is 1. The summed E-state index contributed by atoms with van der Waals surface area (Å²) in [6, 6.07) is 6.11. The predicted molar refractivity (Wildman–Crippen MR) is 105 cm³/mol. The first kappa shape index (κ1) is 17.6. The second-order valence-corrected chi connectivity index (χ2v) is 8.28. The van der Waals surface area contributed by atoms with Crippen molar-refractivity contribution in [2.45, 2.75) is 57.8 Å². The SMILES string of the molecule is Cc1nn(C)c(C)c1CCC(=O)N1CC2(CCCC2)c2cccc(Cl)c21. The number of carbonyl (C=O) groups excluding carboxylic acids is 1. The lowest BCUT2D eigenvalue weighted by atomic mass is 9.81. The van der Waals surface area contributed by atoms with Crippen LogP contribution in [0.4, 0.5) is 5.69 Å². The van der Waals surface area contributed by atoms with Crippen LogP contribution in [-0.2, 0) is 23.7 Å². The third-order valence-electron chi connectivity index (χ3n) is 6.40. The molecular formula is C21H26ClN3O. The number of hydrogen-bond acceptors (Lipinski definition) is 2. The molecule has 0 N–H and O–H groups in total. The molecule has 5 heteroatoms. The summed E-state index contributed by atoms with van der Waals surface area (Å²) < 4.78 is 1.89. The van der Waals surface area contributed by atoms with Crippen molar-refractivity contribution >= 4 is 23.2 Å². The van der Waals surface area contributed by atoms with Crippen LogP contribution in [0.5, 0.6) is 0 Å². The Morgan fingerprint density at radius 2 is 2.00 bits per heavy atom. The highest BCUT2D eigenvalue weighted by atomic mass is 35.5. The Morgan fingerprint density at radius 3 is 2.65 bits per heavy atom. The molecule has 2 aliphatic rings. The van der Waals surface area contributed by atoms with Gasteiger partial charge in [0.25, 0.3) is 0 Å². The predicted octanol–water partition coefficient (Wildman–Crippen LogP) is 4.48. The van der Waals surface area contributed by atoms with Gasteiger partial charge in [-0.3, -0.25) is 9.48 Å². The molecule has 1 spiro atoms. The summed E-state index contributed by atoms with van der Waals surface area (Å²) in [5, 5.41) is 5.17. The molecule has 26 heavy (non-hydrogen) atoms. The summed E-state index contributed by atoms with van der Waals surface area (Å²) in [5.74, 6) is 0.172. The Labute approximate surface area is 160 Å². The molecule has 1 amide bonds. The third-order valence-corrected chi connectivity index (χ3v) is 6.70. The Hall–Kier alpha value is -1.81. The van der Waals surface area contributed by atoms with E-state index in [1.807, 2.05) is 35.7 Å². The monoisotopic (exact) mass is 371 g/mol. The van der Waals surface area contributed by atoms with Gasteiger partial charge in [-0.15, -0.1) is 0 Å². The van der Waals surface area contributed by atoms with E-state index in [2.05, 4.69) is 18.1 Å². The number of rotatable bonds is 3. The van der Waals surface area contributed by atoms with Gasteiger partial charge in [0.05, 0.1) is 16.4 Å². The van der Waals surface area contributed by atoms with E-state index < -0.39 is 0 Å². The molecule has 0 bridgehead atoms. The van der Waals surface area contributed by atoms with Crippen molar-refractivity contribution in [2.24, 2.45) is 7.05 Å². The minimum Gasteiger partial charge on any atom is -0.310 e. The number of amides is 1. The minimum absolute atomic E-state index is 0.121. The first-order chi connectivity index (χ1) is 12.4. The maximum atomic E-state index is 13.1. The topological polar surface area (TPSA) is 38.1 Å². The van der Waals surface area contributed by atoms with Crippen LogP contribution in [0.1, 0.15) is 54.6 Å². The molecule has 138 valence electrons. The van der Waals surface area contributed by atoms with E-state index in [0.717, 1.165) is 42.9 Å². The van der Waals surface area contributed by atoms with Crippen molar-refractivity contribution in [2.75, 3.05) is 11.4 Å². The van der Waals surface area contributed by atoms with Crippen LogP contribution in [0.2, 0.25) is 5.02 Å². The largest absolute Gasteiger partial charge is 0.310 e. The van der Waals surface area contributed by atoms with Crippen molar-refractivity contribution in [1.29, 1.82) is 0 Å². The fourth-order valence-electron chi connectivity index (χ4n) is 4.92. The van der Waals surface area contributed by atoms with Gasteiger partial charge in [0.15, 0.2) is 0 Å². The molecule has 2 aromatic rings. The average molecular weight is 372 g/mol. The fourth-order valence-corrected chi connectivity index (χ4v) is 5.20. The Kier molecular flexibility index (Phi) is 4.34. The first-order valence-electron chi connectivity index (χ1n) is 9.51. The van der Waals surface area contributed by atoms with E-state index in [0.29, 0.717) is 11.4 Å². The Morgan fingerprint density at radius 1 is 1.27 bits per heavy atom. The number of fused-ring (bicyclic) bond motifs is 2. The maximum absolute atomic E-state index is 13.1. The van der Waals surface area contributed by atoms with Gasteiger partial charge in [-0.1, -0.05) is 36.6 Å². The van der Waals surface area contributed by atoms with Gasteiger partial charge in [0, 0.05) is 31.1 Å². The third kappa shape index (κ3) is 2.66. The van der Waals surface area contributed by atoms with Crippen LogP contribution in [0, 0.1) is 13.8 Å². The van der Waals surface area contributed by atoms with Gasteiger partial charge < -0.3 is 4.90 Å². The summed E-state index contributed by atoms with van der Waals surface area (Å²) in [6.45, 7) is 4.87. The number of benzene rings is 1. The van der Waals surface area contributed by atoms with Crippen LogP contribution < -0.4 is 4.90 Å². The van der Waals surface area contributed by atoms with Gasteiger partial charge in [0.2, 0.25) is 5.91 Å². The summed E-state index contributed by atoms with van der Waals surface area (Å²) in [4.78, 5) is 15.1. The lowest BCUT2D eigenvalue weighted by Gasteiger charge is -2.24. The Balaban J connectivity index is 1.59. The number of aryl methyl sites for hydroxylation is 2. The molecule has 0 saturated heterocycles. The standard InChI is InChI=1S/C21H26ClN3O/c1-14-16(15(2)24(3)23-14)9-10-19(26)25-13-21(11-4-5-12-21)17-7-6-8-18(22)20(17)25/h6-8H,4-5,9-13H2,1-3H3. The number of aromatic nitrogens is 2. The van der Waals surface area contributed by atoms with E-state index >= 15 is 0 Å². The zero-order valence-electron chi connectivity index (χ0n) is 15.8. The van der Waals surface area contributed by atoms with Gasteiger partial charge in [-0.2, -0.15) is 5.10 Å². The van der Waals surface area contributed by atoms with E-state index in [4.69, 9.17) is 11.6 Å². The number of hydrogen-bond donors (Lipinski definition) is 0. The normalized spacial score (nSPS) is 17.9. The minimum atomic E-state index is 0.121. The second kappa shape index (κ2) is 6.41. The highest BCUT2D eigenvalue weighted by Gasteiger charge is 2.46. The fraction of sp³-hybridized carbons (Fsp3) is 0.524. The smallest absolute Gasteiger partial charge is 0.227 e. The number of para-hydroxylation sites is 1. The van der Waals surface area contributed by atoms with Crippen molar-refractivity contribution in [3.05, 3.63) is 45.7 Å². The maximum Gasteiger partial charge on any atom is 0.227 e. The molecule has 0 radical (unpaired) electrons. The highest BCUT2D eigenvalue weighted by molar-refractivity contribution is 6.34. The second-order valence-electron chi connectivity index (χ2n) is 7.88. The van der Waals surface area contributed by atoms with Gasteiger partial charge in [-0.05, 0) is 50.3 Å². The van der Waals surface area contributed by atoms with E-state index in [-0.39, 0.29) is 11.3 Å². The van der Waals surface area contributed by atoms with Crippen LogP contribution in [0.3, 0.4) is 0 Å².